The molecule has 2 aromatic rings. The average Bonchev–Trinajstić information content (AvgIpc) is 3.02. The largest absolute Gasteiger partial charge is 0.397 e. The molecule has 2 N–H and O–H groups in total. The van der Waals surface area contributed by atoms with Crippen molar-refractivity contribution < 1.29 is 0 Å². The minimum atomic E-state index is -0.0399. The molecule has 3 rings (SSSR count). The van der Waals surface area contributed by atoms with Crippen molar-refractivity contribution in [2.45, 2.75) is 18.9 Å². The number of nitrogens with two attached hydrogens (primary N) is 1. The molecule has 1 fully saturated rings. The first kappa shape index (κ1) is 8.47. The van der Waals surface area contributed by atoms with Crippen LogP contribution in [0.15, 0.2) is 29.3 Å². The van der Waals surface area contributed by atoms with Crippen molar-refractivity contribution in [2.24, 2.45) is 0 Å². The molecule has 0 aliphatic heterocycles. The lowest BCUT2D eigenvalue weighted by molar-refractivity contribution is 0.765. The van der Waals surface area contributed by atoms with E-state index in [1.165, 1.54) is 19.0 Å². The summed E-state index contributed by atoms with van der Waals surface area (Å²) in [5.41, 5.74) is 7.61. The molecule has 0 radical (unpaired) electrons. The van der Waals surface area contributed by atoms with E-state index in [4.69, 9.17) is 5.73 Å². The molecule has 0 bridgehead atoms. The number of nitrogens with zero attached hydrogens (tertiary/aromatic N) is 2. The monoisotopic (exact) mass is 201 g/mol. The molecule has 1 saturated carbocycles. The van der Waals surface area contributed by atoms with Gasteiger partial charge in [-0.05, 0) is 18.9 Å². The number of anilines is 1. The lowest BCUT2D eigenvalue weighted by Crippen LogP contribution is -2.09. The molecular weight excluding hydrogens is 190 g/mol. The first-order chi connectivity index (χ1) is 7.25. The second-order valence-electron chi connectivity index (χ2n) is 3.95. The van der Waals surface area contributed by atoms with Gasteiger partial charge in [-0.25, -0.2) is 4.98 Å². The van der Waals surface area contributed by atoms with Gasteiger partial charge in [-0.2, -0.15) is 0 Å². The van der Waals surface area contributed by atoms with E-state index < -0.39 is 0 Å². The molecule has 0 amide bonds. The molecule has 2 heterocycles. The van der Waals surface area contributed by atoms with E-state index in [2.05, 4.69) is 9.55 Å². The second-order valence-corrected chi connectivity index (χ2v) is 3.95. The molecule has 1 aliphatic carbocycles. The molecule has 0 unspecified atom stereocenters. The Bertz CT molecular complexity index is 584. The molecule has 0 saturated heterocycles. The van der Waals surface area contributed by atoms with Gasteiger partial charge in [0.05, 0.1) is 17.4 Å². The maximum atomic E-state index is 11.6. The normalized spacial score (nSPS) is 15.7. The van der Waals surface area contributed by atoms with Gasteiger partial charge in [0.1, 0.15) is 5.52 Å². The van der Waals surface area contributed by atoms with Crippen molar-refractivity contribution in [2.75, 3.05) is 5.73 Å². The third kappa shape index (κ3) is 1.29. The van der Waals surface area contributed by atoms with Crippen LogP contribution in [0.3, 0.4) is 0 Å². The summed E-state index contributed by atoms with van der Waals surface area (Å²) in [5.74, 6) is 0. The van der Waals surface area contributed by atoms with Crippen LogP contribution < -0.4 is 11.2 Å². The molecule has 4 nitrogen and oxygen atoms in total. The fraction of sp³-hybridized carbons (Fsp3) is 0.273. The average molecular weight is 201 g/mol. The van der Waals surface area contributed by atoms with Crippen LogP contribution in [0.5, 0.6) is 0 Å². The Balaban J connectivity index is 2.41. The SMILES string of the molecule is Nc1cnc2c(=O)ccn(C3CC3)c2c1. The highest BCUT2D eigenvalue weighted by molar-refractivity contribution is 5.77. The van der Waals surface area contributed by atoms with Gasteiger partial charge in [-0.15, -0.1) is 0 Å². The summed E-state index contributed by atoms with van der Waals surface area (Å²) in [4.78, 5) is 15.7. The number of nitrogen functional groups attached to an aromatic ring is 1. The van der Waals surface area contributed by atoms with Crippen molar-refractivity contribution in [3.05, 3.63) is 34.7 Å². The predicted molar refractivity (Wildman–Crippen MR) is 58.7 cm³/mol. The number of pyridine rings is 2. The van der Waals surface area contributed by atoms with Crippen LogP contribution >= 0.6 is 0 Å². The molecule has 76 valence electrons. The van der Waals surface area contributed by atoms with Gasteiger partial charge in [-0.1, -0.05) is 0 Å². The van der Waals surface area contributed by atoms with E-state index in [0.29, 0.717) is 17.2 Å². The molecule has 0 aromatic carbocycles. The topological polar surface area (TPSA) is 60.9 Å². The standard InChI is InChI=1S/C11H11N3O/c12-7-5-9-11(13-6-7)10(15)3-4-14(9)8-1-2-8/h3-6,8H,1-2,12H2. The smallest absolute Gasteiger partial charge is 0.207 e. The molecular formula is C11H11N3O. The summed E-state index contributed by atoms with van der Waals surface area (Å²) < 4.78 is 2.10. The summed E-state index contributed by atoms with van der Waals surface area (Å²) in [6.45, 7) is 0. The lowest BCUT2D eigenvalue weighted by Gasteiger charge is -2.08. The summed E-state index contributed by atoms with van der Waals surface area (Å²) in [6.07, 6.45) is 5.71. The van der Waals surface area contributed by atoms with Crippen molar-refractivity contribution in [3.8, 4) is 0 Å². The second kappa shape index (κ2) is 2.82. The van der Waals surface area contributed by atoms with Crippen LogP contribution in [0.4, 0.5) is 5.69 Å². The van der Waals surface area contributed by atoms with Crippen molar-refractivity contribution >= 4 is 16.7 Å². The fourth-order valence-electron chi connectivity index (χ4n) is 1.83. The van der Waals surface area contributed by atoms with Crippen molar-refractivity contribution in [1.29, 1.82) is 0 Å². The third-order valence-corrected chi connectivity index (χ3v) is 2.73. The van der Waals surface area contributed by atoms with Gasteiger partial charge in [0.2, 0.25) is 5.43 Å². The number of fused-ring (bicyclic) bond motifs is 1. The van der Waals surface area contributed by atoms with E-state index in [9.17, 15) is 4.79 Å². The van der Waals surface area contributed by atoms with E-state index in [1.807, 2.05) is 12.3 Å². The Labute approximate surface area is 86.4 Å². The van der Waals surface area contributed by atoms with Crippen molar-refractivity contribution in [1.82, 2.24) is 9.55 Å². The van der Waals surface area contributed by atoms with Crippen LogP contribution in [0.2, 0.25) is 0 Å². The first-order valence-corrected chi connectivity index (χ1v) is 5.02. The molecule has 0 atom stereocenters. The Kier molecular flexibility index (Phi) is 1.59. The maximum absolute atomic E-state index is 11.6. The zero-order valence-corrected chi connectivity index (χ0v) is 8.18. The molecule has 15 heavy (non-hydrogen) atoms. The van der Waals surface area contributed by atoms with E-state index in [-0.39, 0.29) is 5.43 Å². The molecule has 2 aromatic heterocycles. The minimum absolute atomic E-state index is 0.0399. The summed E-state index contributed by atoms with van der Waals surface area (Å²) >= 11 is 0. The highest BCUT2D eigenvalue weighted by Gasteiger charge is 2.24. The Morgan fingerprint density at radius 2 is 2.27 bits per heavy atom. The Morgan fingerprint density at radius 3 is 3.00 bits per heavy atom. The summed E-state index contributed by atoms with van der Waals surface area (Å²) in [6, 6.07) is 3.92. The van der Waals surface area contributed by atoms with Crippen molar-refractivity contribution in [3.63, 3.8) is 0 Å². The Morgan fingerprint density at radius 1 is 1.47 bits per heavy atom. The van der Waals surface area contributed by atoms with Crippen LogP contribution in [-0.2, 0) is 0 Å². The lowest BCUT2D eigenvalue weighted by atomic mass is 10.3. The fourth-order valence-corrected chi connectivity index (χ4v) is 1.83. The van der Waals surface area contributed by atoms with Gasteiger partial charge in [0.25, 0.3) is 0 Å². The van der Waals surface area contributed by atoms with Gasteiger partial charge in [0.15, 0.2) is 0 Å². The summed E-state index contributed by atoms with van der Waals surface area (Å²) in [7, 11) is 0. The zero-order valence-electron chi connectivity index (χ0n) is 8.18. The van der Waals surface area contributed by atoms with Crippen LogP contribution in [0, 0.1) is 0 Å². The highest BCUT2D eigenvalue weighted by Crippen LogP contribution is 2.36. The number of aromatic nitrogens is 2. The molecule has 0 spiro atoms. The Hall–Kier alpha value is -1.84. The quantitative estimate of drug-likeness (QED) is 0.756. The number of hydrogen-bond acceptors (Lipinski definition) is 3. The zero-order chi connectivity index (χ0) is 10.4. The van der Waals surface area contributed by atoms with Crippen LogP contribution in [0.1, 0.15) is 18.9 Å². The van der Waals surface area contributed by atoms with Gasteiger partial charge in [0, 0.05) is 18.3 Å². The summed E-state index contributed by atoms with van der Waals surface area (Å²) in [5, 5.41) is 0. The van der Waals surface area contributed by atoms with Gasteiger partial charge in [-0.3, -0.25) is 4.79 Å². The predicted octanol–water partition coefficient (Wildman–Crippen LogP) is 1.31. The van der Waals surface area contributed by atoms with Crippen LogP contribution in [-0.4, -0.2) is 9.55 Å². The maximum Gasteiger partial charge on any atom is 0.207 e. The minimum Gasteiger partial charge on any atom is -0.397 e. The first-order valence-electron chi connectivity index (χ1n) is 5.02. The molecule has 1 aliphatic rings. The number of hydrogen-bond donors (Lipinski definition) is 1. The van der Waals surface area contributed by atoms with Gasteiger partial charge < -0.3 is 10.3 Å². The van der Waals surface area contributed by atoms with E-state index in [1.54, 1.807) is 6.07 Å². The number of rotatable bonds is 1. The highest BCUT2D eigenvalue weighted by atomic mass is 16.1. The van der Waals surface area contributed by atoms with E-state index in [0.717, 1.165) is 5.52 Å². The molecule has 4 heteroatoms. The van der Waals surface area contributed by atoms with E-state index >= 15 is 0 Å². The van der Waals surface area contributed by atoms with Crippen LogP contribution in [0.25, 0.3) is 11.0 Å². The third-order valence-electron chi connectivity index (χ3n) is 2.73. The van der Waals surface area contributed by atoms with Gasteiger partial charge >= 0.3 is 0 Å².